The normalized spacial score (nSPS) is 12.6. The Morgan fingerprint density at radius 2 is 1.61 bits per heavy atom. The zero-order valence-corrected chi connectivity index (χ0v) is 15.4. The Balaban J connectivity index is 2.98. The maximum absolute atomic E-state index is 13.2. The van der Waals surface area contributed by atoms with Gasteiger partial charge in [-0.3, -0.25) is 14.4 Å². The molecule has 1 aromatic rings. The van der Waals surface area contributed by atoms with Crippen LogP contribution in [0.3, 0.4) is 0 Å². The molecule has 0 aliphatic carbocycles. The van der Waals surface area contributed by atoms with E-state index < -0.39 is 60.3 Å². The van der Waals surface area contributed by atoms with Crippen molar-refractivity contribution in [3.63, 3.8) is 0 Å². The first kappa shape index (κ1) is 23.0. The molecule has 0 unspecified atom stereocenters. The van der Waals surface area contributed by atoms with Gasteiger partial charge in [-0.15, -0.1) is 0 Å². The van der Waals surface area contributed by atoms with E-state index in [1.54, 1.807) is 0 Å². The summed E-state index contributed by atoms with van der Waals surface area (Å²) in [5, 5.41) is 11.5. The summed E-state index contributed by atoms with van der Waals surface area (Å²) in [5.41, 5.74) is -0.0304. The van der Waals surface area contributed by atoms with Crippen molar-refractivity contribution in [3.05, 3.63) is 35.4 Å². The summed E-state index contributed by atoms with van der Waals surface area (Å²) in [7, 11) is 0. The highest BCUT2D eigenvalue weighted by molar-refractivity contribution is 5.91. The molecule has 1 rings (SSSR count). The summed E-state index contributed by atoms with van der Waals surface area (Å²) in [4.78, 5) is 47.6. The van der Waals surface area contributed by atoms with Gasteiger partial charge < -0.3 is 19.9 Å². The highest BCUT2D eigenvalue weighted by Crippen LogP contribution is 2.15. The molecule has 0 radical (unpaired) electrons. The van der Waals surface area contributed by atoms with Gasteiger partial charge in [0, 0.05) is 6.07 Å². The van der Waals surface area contributed by atoms with Crippen molar-refractivity contribution < 1.29 is 42.5 Å². The number of aliphatic carboxylic acids is 1. The van der Waals surface area contributed by atoms with Crippen LogP contribution < -0.4 is 5.32 Å². The van der Waals surface area contributed by atoms with Crippen LogP contribution in [0.5, 0.6) is 0 Å². The minimum Gasteiger partial charge on any atom is -0.480 e. The lowest BCUT2D eigenvalue weighted by Gasteiger charge is -2.22. The van der Waals surface area contributed by atoms with Crippen LogP contribution in [0.15, 0.2) is 18.2 Å². The zero-order chi connectivity index (χ0) is 21.3. The number of carboxylic acid groups (broad SMARTS) is 1. The van der Waals surface area contributed by atoms with E-state index in [9.17, 15) is 33.1 Å². The molecular formula is C18H21F2NO7. The average Bonchev–Trinajstić information content (AvgIpc) is 2.57. The molecule has 0 saturated heterocycles. The van der Waals surface area contributed by atoms with Gasteiger partial charge >= 0.3 is 17.9 Å². The van der Waals surface area contributed by atoms with E-state index in [-0.39, 0.29) is 18.8 Å². The van der Waals surface area contributed by atoms with E-state index in [0.717, 1.165) is 12.1 Å². The highest BCUT2D eigenvalue weighted by Gasteiger charge is 2.38. The molecule has 0 aliphatic rings. The second-order valence-corrected chi connectivity index (χ2v) is 5.71. The molecular weight excluding hydrogens is 380 g/mol. The SMILES string of the molecule is CCOC(=O)C[C@H](C(=O)OCC)[C@H](NC(=O)Cc1cc(F)cc(F)c1)C(=O)O. The number of halogens is 2. The molecule has 2 N–H and O–H groups in total. The summed E-state index contributed by atoms with van der Waals surface area (Å²) in [6.07, 6.45) is -1.16. The van der Waals surface area contributed by atoms with Gasteiger partial charge in [0.05, 0.1) is 32.0 Å². The third-order valence-corrected chi connectivity index (χ3v) is 3.55. The molecule has 0 heterocycles. The standard InChI is InChI=1S/C18H21F2NO7/c1-3-27-15(23)9-13(18(26)28-4-2)16(17(24)25)21-14(22)7-10-5-11(19)8-12(20)6-10/h5-6,8,13,16H,3-4,7,9H2,1-2H3,(H,21,22)(H,24,25)/t13-,16-/m0/s1. The second-order valence-electron chi connectivity index (χ2n) is 5.71. The van der Waals surface area contributed by atoms with Gasteiger partial charge in [0.25, 0.3) is 0 Å². The number of rotatable bonds is 10. The molecule has 1 aromatic carbocycles. The van der Waals surface area contributed by atoms with Crippen molar-refractivity contribution >= 4 is 23.8 Å². The number of carbonyl (C=O) groups excluding carboxylic acids is 3. The Bertz CT molecular complexity index is 718. The number of amides is 1. The second kappa shape index (κ2) is 11.0. The van der Waals surface area contributed by atoms with E-state index in [4.69, 9.17) is 9.47 Å². The highest BCUT2D eigenvalue weighted by atomic mass is 19.1. The minimum absolute atomic E-state index is 0.0175. The Morgan fingerprint density at radius 3 is 2.11 bits per heavy atom. The molecule has 0 spiro atoms. The number of esters is 2. The molecule has 154 valence electrons. The van der Waals surface area contributed by atoms with Crippen LogP contribution in [0.2, 0.25) is 0 Å². The van der Waals surface area contributed by atoms with Crippen LogP contribution in [0.4, 0.5) is 8.78 Å². The molecule has 28 heavy (non-hydrogen) atoms. The third kappa shape index (κ3) is 7.29. The summed E-state index contributed by atoms with van der Waals surface area (Å²) in [6.45, 7) is 2.97. The number of carboxylic acids is 1. The van der Waals surface area contributed by atoms with Crippen molar-refractivity contribution in [1.82, 2.24) is 5.32 Å². The van der Waals surface area contributed by atoms with Gasteiger partial charge in [-0.25, -0.2) is 13.6 Å². The molecule has 2 atom stereocenters. The molecule has 1 amide bonds. The smallest absolute Gasteiger partial charge is 0.327 e. The fourth-order valence-corrected chi connectivity index (χ4v) is 2.44. The van der Waals surface area contributed by atoms with Crippen LogP contribution in [-0.4, -0.2) is 48.2 Å². The lowest BCUT2D eigenvalue weighted by Crippen LogP contribution is -2.50. The molecule has 10 heteroatoms. The van der Waals surface area contributed by atoms with Gasteiger partial charge in [0.1, 0.15) is 17.7 Å². The fourth-order valence-electron chi connectivity index (χ4n) is 2.44. The van der Waals surface area contributed by atoms with Crippen LogP contribution >= 0.6 is 0 Å². The van der Waals surface area contributed by atoms with E-state index in [0.29, 0.717) is 6.07 Å². The third-order valence-electron chi connectivity index (χ3n) is 3.55. The Hall–Kier alpha value is -3.04. The van der Waals surface area contributed by atoms with Crippen molar-refractivity contribution in [2.24, 2.45) is 5.92 Å². The minimum atomic E-state index is -1.80. The first-order chi connectivity index (χ1) is 13.2. The number of ether oxygens (including phenoxy) is 2. The van der Waals surface area contributed by atoms with E-state index in [2.05, 4.69) is 5.32 Å². The van der Waals surface area contributed by atoms with Crippen molar-refractivity contribution in [3.8, 4) is 0 Å². The van der Waals surface area contributed by atoms with Crippen molar-refractivity contribution in [2.45, 2.75) is 32.7 Å². The number of hydrogen-bond donors (Lipinski definition) is 2. The lowest BCUT2D eigenvalue weighted by atomic mass is 9.95. The van der Waals surface area contributed by atoms with Gasteiger partial charge in [-0.1, -0.05) is 0 Å². The first-order valence-corrected chi connectivity index (χ1v) is 8.47. The van der Waals surface area contributed by atoms with Crippen LogP contribution in [0, 0.1) is 17.6 Å². The predicted octanol–water partition coefficient (Wildman–Crippen LogP) is 1.21. The summed E-state index contributed by atoms with van der Waals surface area (Å²) < 4.78 is 36.0. The maximum Gasteiger partial charge on any atom is 0.327 e. The average molecular weight is 401 g/mol. The molecule has 0 fully saturated rings. The maximum atomic E-state index is 13.2. The number of benzene rings is 1. The molecule has 0 aromatic heterocycles. The Morgan fingerprint density at radius 1 is 1.04 bits per heavy atom. The van der Waals surface area contributed by atoms with Gasteiger partial charge in [0.2, 0.25) is 5.91 Å². The molecule has 0 bridgehead atoms. The lowest BCUT2D eigenvalue weighted by molar-refractivity contribution is -0.160. The molecule has 8 nitrogen and oxygen atoms in total. The predicted molar refractivity (Wildman–Crippen MR) is 91.0 cm³/mol. The largest absolute Gasteiger partial charge is 0.480 e. The van der Waals surface area contributed by atoms with Crippen LogP contribution in [0.25, 0.3) is 0 Å². The van der Waals surface area contributed by atoms with Crippen molar-refractivity contribution in [1.29, 1.82) is 0 Å². The summed E-state index contributed by atoms with van der Waals surface area (Å²) in [6, 6.07) is 0.659. The zero-order valence-electron chi connectivity index (χ0n) is 15.4. The first-order valence-electron chi connectivity index (χ1n) is 8.47. The summed E-state index contributed by atoms with van der Waals surface area (Å²) in [5.74, 6) is -7.66. The van der Waals surface area contributed by atoms with Crippen LogP contribution in [0.1, 0.15) is 25.8 Å². The quantitative estimate of drug-likeness (QED) is 0.566. The Labute approximate surface area is 159 Å². The molecule has 0 saturated carbocycles. The summed E-state index contributed by atoms with van der Waals surface area (Å²) >= 11 is 0. The Kier molecular flexibility index (Phi) is 9.00. The number of nitrogens with one attached hydrogen (secondary N) is 1. The molecule has 0 aliphatic heterocycles. The van der Waals surface area contributed by atoms with E-state index >= 15 is 0 Å². The van der Waals surface area contributed by atoms with E-state index in [1.165, 1.54) is 13.8 Å². The van der Waals surface area contributed by atoms with Crippen molar-refractivity contribution in [2.75, 3.05) is 13.2 Å². The van der Waals surface area contributed by atoms with E-state index in [1.807, 2.05) is 0 Å². The van der Waals surface area contributed by atoms with Gasteiger partial charge in [-0.05, 0) is 31.5 Å². The van der Waals surface area contributed by atoms with Gasteiger partial charge in [0.15, 0.2) is 0 Å². The van der Waals surface area contributed by atoms with Gasteiger partial charge in [-0.2, -0.15) is 0 Å². The topological polar surface area (TPSA) is 119 Å². The number of hydrogen-bond acceptors (Lipinski definition) is 6. The number of carbonyl (C=O) groups is 4. The van der Waals surface area contributed by atoms with Crippen LogP contribution in [-0.2, 0) is 35.1 Å². The fraction of sp³-hybridized carbons (Fsp3) is 0.444. The monoisotopic (exact) mass is 401 g/mol.